The summed E-state index contributed by atoms with van der Waals surface area (Å²) < 4.78 is 0. The second-order valence-corrected chi connectivity index (χ2v) is 6.15. The Morgan fingerprint density at radius 3 is 1.30 bits per heavy atom. The molecule has 0 aliphatic heterocycles. The van der Waals surface area contributed by atoms with Crippen molar-refractivity contribution in [1.82, 2.24) is 0 Å². The summed E-state index contributed by atoms with van der Waals surface area (Å²) in [4.78, 5) is 23.8. The second-order valence-electron chi connectivity index (χ2n) is 6.15. The third-order valence-corrected chi connectivity index (χ3v) is 5.21. The maximum Gasteiger partial charge on any atom is 2.00 e. The van der Waals surface area contributed by atoms with Crippen molar-refractivity contribution < 1.29 is 22.7 Å². The molecule has 0 radical (unpaired) electrons. The molecule has 2 N–H and O–H groups in total. The van der Waals surface area contributed by atoms with Crippen molar-refractivity contribution in [2.24, 2.45) is 17.3 Å². The van der Waals surface area contributed by atoms with Gasteiger partial charge in [-0.25, -0.2) is 0 Å². The van der Waals surface area contributed by atoms with Crippen molar-refractivity contribution in [2.45, 2.75) is 64.2 Å². The van der Waals surface area contributed by atoms with E-state index in [1.54, 1.807) is 0 Å². The quantitative estimate of drug-likeness (QED) is 0.618. The Hall–Kier alpha value is 0.200. The molecule has 0 aromatic rings. The number of hydrogen-bond acceptors (Lipinski definition) is 2. The molecular formula is C15H26CaO4. The van der Waals surface area contributed by atoms with E-state index in [2.05, 4.69) is 0 Å². The van der Waals surface area contributed by atoms with Crippen LogP contribution in [0, 0.1) is 17.3 Å². The molecule has 2 aliphatic carbocycles. The number of aliphatic carboxylic acids is 2. The Kier molecular flexibility index (Phi) is 7.30. The van der Waals surface area contributed by atoms with Gasteiger partial charge in [0.25, 0.3) is 0 Å². The van der Waals surface area contributed by atoms with Gasteiger partial charge in [-0.1, -0.05) is 38.5 Å². The SMILES string of the molecule is O=C(O)C(C(=O)O)(C1CCCCC1)C1CCCCC1.[Ca+2].[H-].[H-]. The summed E-state index contributed by atoms with van der Waals surface area (Å²) in [7, 11) is 0. The molecule has 0 amide bonds. The summed E-state index contributed by atoms with van der Waals surface area (Å²) in [6.07, 6.45) is 9.14. The number of carboxylic acids is 2. The standard InChI is InChI=1S/C15H24O4.Ca.2H/c16-13(17)15(14(18)19,11-7-3-1-4-8-11)12-9-5-2-6-10-12;;;/h11-12H,1-10H2,(H,16,17)(H,18,19);;;/q;+2;2*-1. The molecule has 2 saturated carbocycles. The molecule has 2 aliphatic rings. The molecule has 4 nitrogen and oxygen atoms in total. The fourth-order valence-electron chi connectivity index (χ4n) is 4.24. The minimum Gasteiger partial charge on any atom is -1.00 e. The Bertz CT molecular complexity index is 319. The molecule has 112 valence electrons. The average Bonchev–Trinajstić information content (AvgIpc) is 2.41. The topological polar surface area (TPSA) is 74.6 Å². The predicted molar refractivity (Wildman–Crippen MR) is 78.8 cm³/mol. The zero-order chi connectivity index (χ0) is 13.9. The Labute approximate surface area is 153 Å². The van der Waals surface area contributed by atoms with Crippen molar-refractivity contribution in [3.8, 4) is 0 Å². The molecule has 0 bridgehead atoms. The van der Waals surface area contributed by atoms with E-state index in [1.165, 1.54) is 0 Å². The molecule has 2 fully saturated rings. The van der Waals surface area contributed by atoms with E-state index in [4.69, 9.17) is 0 Å². The van der Waals surface area contributed by atoms with E-state index in [1.807, 2.05) is 0 Å². The molecule has 5 heteroatoms. The molecule has 0 aromatic carbocycles. The smallest absolute Gasteiger partial charge is 1.00 e. The molecule has 0 aromatic heterocycles. The summed E-state index contributed by atoms with van der Waals surface area (Å²) in [5.41, 5.74) is -1.53. The largest absolute Gasteiger partial charge is 2.00 e. The van der Waals surface area contributed by atoms with Crippen molar-refractivity contribution in [3.05, 3.63) is 0 Å². The molecule has 0 spiro atoms. The Morgan fingerprint density at radius 1 is 0.750 bits per heavy atom. The van der Waals surface area contributed by atoms with Crippen LogP contribution in [0.2, 0.25) is 0 Å². The molecule has 0 unspecified atom stereocenters. The van der Waals surface area contributed by atoms with E-state index in [0.29, 0.717) is 0 Å². The van der Waals surface area contributed by atoms with Gasteiger partial charge in [-0.05, 0) is 37.5 Å². The van der Waals surface area contributed by atoms with E-state index in [0.717, 1.165) is 64.2 Å². The van der Waals surface area contributed by atoms with Gasteiger partial charge in [0.05, 0.1) is 0 Å². The minimum absolute atomic E-state index is 0. The summed E-state index contributed by atoms with van der Waals surface area (Å²) in [5.74, 6) is -2.56. The van der Waals surface area contributed by atoms with Crippen LogP contribution in [0.25, 0.3) is 0 Å². The minimum atomic E-state index is -1.53. The van der Waals surface area contributed by atoms with Crippen LogP contribution in [0.15, 0.2) is 0 Å². The Balaban J connectivity index is 0. The van der Waals surface area contributed by atoms with Gasteiger partial charge in [-0.3, -0.25) is 9.59 Å². The van der Waals surface area contributed by atoms with Crippen LogP contribution in [0.1, 0.15) is 67.1 Å². The van der Waals surface area contributed by atoms with Gasteiger partial charge >= 0.3 is 49.7 Å². The maximum absolute atomic E-state index is 11.9. The molecule has 0 atom stereocenters. The maximum atomic E-state index is 11.9. The molecule has 20 heavy (non-hydrogen) atoms. The number of hydrogen-bond donors (Lipinski definition) is 2. The van der Waals surface area contributed by atoms with Crippen LogP contribution < -0.4 is 0 Å². The third kappa shape index (κ3) is 3.33. The molecular weight excluding hydrogens is 284 g/mol. The number of carboxylic acid groups (broad SMARTS) is 2. The van der Waals surface area contributed by atoms with Crippen molar-refractivity contribution >= 4 is 49.7 Å². The first kappa shape index (κ1) is 18.2. The number of rotatable bonds is 4. The van der Waals surface area contributed by atoms with Crippen molar-refractivity contribution in [2.75, 3.05) is 0 Å². The summed E-state index contributed by atoms with van der Waals surface area (Å²) in [6.45, 7) is 0. The van der Waals surface area contributed by atoms with E-state index < -0.39 is 17.4 Å². The third-order valence-electron chi connectivity index (χ3n) is 5.21. The second kappa shape index (κ2) is 8.00. The Morgan fingerprint density at radius 2 is 1.05 bits per heavy atom. The van der Waals surface area contributed by atoms with Gasteiger partial charge in [-0.15, -0.1) is 0 Å². The zero-order valence-corrected chi connectivity index (χ0v) is 14.4. The van der Waals surface area contributed by atoms with Gasteiger partial charge in [0.2, 0.25) is 0 Å². The van der Waals surface area contributed by atoms with Gasteiger partial charge in [0.15, 0.2) is 5.41 Å². The fraction of sp³-hybridized carbons (Fsp3) is 0.867. The zero-order valence-electron chi connectivity index (χ0n) is 14.1. The van der Waals surface area contributed by atoms with E-state index >= 15 is 0 Å². The van der Waals surface area contributed by atoms with Crippen LogP contribution >= 0.6 is 0 Å². The van der Waals surface area contributed by atoms with Gasteiger partial charge < -0.3 is 13.1 Å². The number of carbonyl (C=O) groups is 2. The predicted octanol–water partition coefficient (Wildman–Crippen LogP) is 3.15. The molecule has 2 rings (SSSR count). The van der Waals surface area contributed by atoms with Crippen LogP contribution in [0.5, 0.6) is 0 Å². The van der Waals surface area contributed by atoms with Gasteiger partial charge in [0, 0.05) is 0 Å². The monoisotopic (exact) mass is 310 g/mol. The first-order chi connectivity index (χ1) is 9.10. The van der Waals surface area contributed by atoms with Crippen LogP contribution in [-0.2, 0) is 9.59 Å². The summed E-state index contributed by atoms with van der Waals surface area (Å²) in [6, 6.07) is 0. The molecule has 0 heterocycles. The van der Waals surface area contributed by atoms with Gasteiger partial charge in [-0.2, -0.15) is 0 Å². The van der Waals surface area contributed by atoms with Crippen LogP contribution in [0.4, 0.5) is 0 Å². The average molecular weight is 310 g/mol. The first-order valence-electron chi connectivity index (χ1n) is 7.57. The normalized spacial score (nSPS) is 22.0. The van der Waals surface area contributed by atoms with Crippen molar-refractivity contribution in [3.63, 3.8) is 0 Å². The van der Waals surface area contributed by atoms with Gasteiger partial charge in [0.1, 0.15) is 0 Å². The molecule has 0 saturated heterocycles. The first-order valence-corrected chi connectivity index (χ1v) is 7.57. The van der Waals surface area contributed by atoms with E-state index in [9.17, 15) is 19.8 Å². The summed E-state index contributed by atoms with van der Waals surface area (Å²) >= 11 is 0. The van der Waals surface area contributed by atoms with E-state index in [-0.39, 0.29) is 52.4 Å². The van der Waals surface area contributed by atoms with Crippen LogP contribution in [-0.4, -0.2) is 59.9 Å². The fourth-order valence-corrected chi connectivity index (χ4v) is 4.24. The van der Waals surface area contributed by atoms with Crippen LogP contribution in [0.3, 0.4) is 0 Å². The van der Waals surface area contributed by atoms with Crippen molar-refractivity contribution in [1.29, 1.82) is 0 Å². The summed E-state index contributed by atoms with van der Waals surface area (Å²) in [5, 5.41) is 19.4.